The maximum Gasteiger partial charge on any atom is 0.261 e. The van der Waals surface area contributed by atoms with Crippen LogP contribution in [0, 0.1) is 0 Å². The molecule has 0 saturated carbocycles. The first-order chi connectivity index (χ1) is 19.3. The molecule has 14 heteroatoms. The number of ether oxygens (including phenoxy) is 2. The van der Waals surface area contributed by atoms with Crippen molar-refractivity contribution in [3.05, 3.63) is 64.3 Å². The summed E-state index contributed by atoms with van der Waals surface area (Å²) in [6, 6.07) is 12.0. The lowest BCUT2D eigenvalue weighted by atomic mass is 10.1. The molecule has 0 radical (unpaired) electrons. The summed E-state index contributed by atoms with van der Waals surface area (Å²) in [7, 11) is -3.66. The molecule has 0 unspecified atom stereocenters. The van der Waals surface area contributed by atoms with Crippen molar-refractivity contribution in [3.8, 4) is 11.5 Å². The minimum Gasteiger partial charge on any atom is -0.454 e. The number of fused-ring (bicyclic) bond motifs is 2. The van der Waals surface area contributed by atoms with Crippen molar-refractivity contribution in [2.24, 2.45) is 0 Å². The third kappa shape index (κ3) is 5.09. The van der Waals surface area contributed by atoms with E-state index < -0.39 is 21.8 Å². The Balaban J connectivity index is 1.04. The fraction of sp³-hybridized carbons (Fsp3) is 0.308. The van der Waals surface area contributed by atoms with E-state index in [4.69, 9.17) is 9.47 Å². The third-order valence-corrected chi connectivity index (χ3v) is 9.46. The molecule has 4 heterocycles. The first kappa shape index (κ1) is 26.5. The highest BCUT2D eigenvalue weighted by atomic mass is 79.9. The van der Waals surface area contributed by atoms with Gasteiger partial charge in [0.25, 0.3) is 11.8 Å². The van der Waals surface area contributed by atoms with Crippen LogP contribution >= 0.6 is 15.9 Å². The number of hydrogen-bond acceptors (Lipinski definition) is 10. The molecule has 3 aromatic rings. The van der Waals surface area contributed by atoms with Gasteiger partial charge in [0.2, 0.25) is 22.8 Å². The molecule has 0 spiro atoms. The maximum atomic E-state index is 13.0. The van der Waals surface area contributed by atoms with Crippen LogP contribution < -0.4 is 20.1 Å². The van der Waals surface area contributed by atoms with Crippen LogP contribution in [0.2, 0.25) is 0 Å². The molecule has 2 aromatic carbocycles. The molecule has 3 aliphatic rings. The zero-order chi connectivity index (χ0) is 27.9. The summed E-state index contributed by atoms with van der Waals surface area (Å²) in [5, 5.41) is 6.54. The number of imide groups is 1. The number of carbonyl (C=O) groups is 2. The van der Waals surface area contributed by atoms with E-state index in [9.17, 15) is 18.0 Å². The molecule has 0 bridgehead atoms. The predicted molar refractivity (Wildman–Crippen MR) is 149 cm³/mol. The number of nitrogens with one attached hydrogen (secondary N) is 2. The first-order valence-corrected chi connectivity index (χ1v) is 15.1. The monoisotopic (exact) mass is 628 g/mol. The van der Waals surface area contributed by atoms with E-state index in [1.54, 1.807) is 30.5 Å². The minimum atomic E-state index is -3.66. The molecular weight excluding hydrogens is 604 g/mol. The molecule has 12 nitrogen and oxygen atoms in total. The van der Waals surface area contributed by atoms with E-state index in [1.807, 2.05) is 18.2 Å². The second-order valence-corrected chi connectivity index (χ2v) is 12.4. The van der Waals surface area contributed by atoms with E-state index >= 15 is 0 Å². The van der Waals surface area contributed by atoms with Gasteiger partial charge in [0.1, 0.15) is 5.82 Å². The Bertz CT molecular complexity index is 1560. The number of aromatic nitrogens is 2. The van der Waals surface area contributed by atoms with Crippen molar-refractivity contribution in [3.63, 3.8) is 0 Å². The highest BCUT2D eigenvalue weighted by Gasteiger charge is 2.37. The maximum absolute atomic E-state index is 13.0. The van der Waals surface area contributed by atoms with Gasteiger partial charge in [0.05, 0.1) is 27.0 Å². The molecule has 2 N–H and O–H groups in total. The highest BCUT2D eigenvalue weighted by Crippen LogP contribution is 2.40. The number of rotatable bonds is 8. The lowest BCUT2D eigenvalue weighted by Crippen LogP contribution is -2.45. The molecule has 40 heavy (non-hydrogen) atoms. The third-order valence-electron chi connectivity index (χ3n) is 7.03. The van der Waals surface area contributed by atoms with Crippen molar-refractivity contribution in [1.29, 1.82) is 0 Å². The van der Waals surface area contributed by atoms with Crippen molar-refractivity contribution in [1.82, 2.24) is 19.2 Å². The van der Waals surface area contributed by atoms with Crippen LogP contribution in [0.25, 0.3) is 0 Å². The average molecular weight is 629 g/mol. The van der Waals surface area contributed by atoms with Crippen LogP contribution in [0.5, 0.6) is 11.5 Å². The second-order valence-electron chi connectivity index (χ2n) is 9.50. The van der Waals surface area contributed by atoms with E-state index in [0.29, 0.717) is 70.5 Å². The van der Waals surface area contributed by atoms with Gasteiger partial charge in [0, 0.05) is 31.9 Å². The summed E-state index contributed by atoms with van der Waals surface area (Å²) >= 11 is 3.47. The smallest absolute Gasteiger partial charge is 0.261 e. The number of para-hydroxylation sites is 1. The van der Waals surface area contributed by atoms with Crippen molar-refractivity contribution >= 4 is 55.2 Å². The number of amides is 2. The van der Waals surface area contributed by atoms with Crippen LogP contribution in [-0.2, 0) is 10.0 Å². The van der Waals surface area contributed by atoms with E-state index in [-0.39, 0.29) is 25.1 Å². The summed E-state index contributed by atoms with van der Waals surface area (Å²) < 4.78 is 39.1. The summed E-state index contributed by atoms with van der Waals surface area (Å²) in [6.07, 6.45) is 2.73. The summed E-state index contributed by atoms with van der Waals surface area (Å²) in [4.78, 5) is 35.1. The average Bonchev–Trinajstić information content (AvgIpc) is 3.53. The largest absolute Gasteiger partial charge is 0.454 e. The van der Waals surface area contributed by atoms with Crippen LogP contribution in [0.3, 0.4) is 0 Å². The van der Waals surface area contributed by atoms with Gasteiger partial charge in [-0.3, -0.25) is 14.5 Å². The zero-order valence-corrected chi connectivity index (χ0v) is 23.6. The fourth-order valence-electron chi connectivity index (χ4n) is 4.92. The predicted octanol–water partition coefficient (Wildman–Crippen LogP) is 3.21. The molecular formula is C26H25BrN6O6S. The summed E-state index contributed by atoms with van der Waals surface area (Å²) in [6.45, 7) is 0.578. The Morgan fingerprint density at radius 3 is 2.45 bits per heavy atom. The number of halogens is 1. The van der Waals surface area contributed by atoms with E-state index in [1.165, 1.54) is 4.31 Å². The van der Waals surface area contributed by atoms with Crippen LogP contribution in [0.15, 0.2) is 53.1 Å². The van der Waals surface area contributed by atoms with Crippen LogP contribution in [0.1, 0.15) is 33.6 Å². The van der Waals surface area contributed by atoms with Gasteiger partial charge in [-0.1, -0.05) is 18.2 Å². The summed E-state index contributed by atoms with van der Waals surface area (Å²) in [5.74, 6) is 0.966. The molecule has 2 amide bonds. The van der Waals surface area contributed by atoms with Gasteiger partial charge in [-0.15, -0.1) is 0 Å². The quantitative estimate of drug-likeness (QED) is 0.357. The molecule has 1 fully saturated rings. The van der Waals surface area contributed by atoms with Crippen molar-refractivity contribution in [2.45, 2.75) is 18.9 Å². The number of nitrogens with zero attached hydrogens (tertiary/aromatic N) is 4. The van der Waals surface area contributed by atoms with E-state index in [0.717, 1.165) is 4.90 Å². The lowest BCUT2D eigenvalue weighted by Gasteiger charge is -2.32. The number of piperidine rings is 1. The summed E-state index contributed by atoms with van der Waals surface area (Å²) in [5.41, 5.74) is 1.32. The molecule has 1 aromatic heterocycles. The number of sulfonamides is 1. The number of carbonyl (C=O) groups excluding carboxylic acids is 2. The normalized spacial score (nSPS) is 17.3. The van der Waals surface area contributed by atoms with Crippen molar-refractivity contribution in [2.75, 3.05) is 42.8 Å². The highest BCUT2D eigenvalue weighted by molar-refractivity contribution is 9.10. The van der Waals surface area contributed by atoms with Gasteiger partial charge in [-0.25, -0.2) is 17.7 Å². The molecule has 1 saturated heterocycles. The number of benzene rings is 2. The molecule has 0 aliphatic carbocycles. The Hall–Kier alpha value is -3.75. The van der Waals surface area contributed by atoms with Gasteiger partial charge in [-0.2, -0.15) is 4.98 Å². The van der Waals surface area contributed by atoms with E-state index in [2.05, 4.69) is 36.5 Å². The van der Waals surface area contributed by atoms with Crippen molar-refractivity contribution < 1.29 is 27.5 Å². The van der Waals surface area contributed by atoms with Gasteiger partial charge in [0.15, 0.2) is 11.5 Å². The molecule has 0 atom stereocenters. The Morgan fingerprint density at radius 1 is 1.00 bits per heavy atom. The second kappa shape index (κ2) is 10.7. The van der Waals surface area contributed by atoms with Gasteiger partial charge < -0.3 is 20.1 Å². The number of hydrogen-bond donors (Lipinski definition) is 2. The molecule has 6 rings (SSSR count). The standard InChI is InChI=1S/C26H25BrN6O6S/c27-19-14-28-26(31-23(19)30-20-6-3-7-21-22(20)39-15-38-21)29-16-8-10-32(11-9-16)40(36,37)13-12-33-24(34)17-4-1-2-5-18(17)25(33)35/h1-7,14,16H,8-13,15H2,(H2,28,29,30,31). The van der Waals surface area contributed by atoms with Gasteiger partial charge in [-0.05, 0) is 53.0 Å². The van der Waals surface area contributed by atoms with Gasteiger partial charge >= 0.3 is 0 Å². The molecule has 208 valence electrons. The Labute approximate surface area is 238 Å². The van der Waals surface area contributed by atoms with Crippen LogP contribution in [-0.4, -0.2) is 77.6 Å². The fourth-order valence-corrected chi connectivity index (χ4v) is 6.65. The Kier molecular flexibility index (Phi) is 7.06. The first-order valence-electron chi connectivity index (χ1n) is 12.7. The van der Waals surface area contributed by atoms with Crippen LogP contribution in [0.4, 0.5) is 17.5 Å². The lowest BCUT2D eigenvalue weighted by molar-refractivity contribution is 0.0663. The number of anilines is 3. The zero-order valence-electron chi connectivity index (χ0n) is 21.2. The topological polar surface area (TPSA) is 143 Å². The SMILES string of the molecule is O=C1c2ccccc2C(=O)N1CCS(=O)(=O)N1CCC(Nc2ncc(Br)c(Nc3cccc4c3OCO4)n2)CC1. The minimum absolute atomic E-state index is 0.0329. The Morgan fingerprint density at radius 2 is 1.73 bits per heavy atom. The molecule has 3 aliphatic heterocycles.